The maximum atomic E-state index is 13.5. The zero-order valence-corrected chi connectivity index (χ0v) is 21.5. The third kappa shape index (κ3) is 5.74. The molecule has 1 aliphatic heterocycles. The Bertz CT molecular complexity index is 1390. The van der Waals surface area contributed by atoms with Crippen molar-refractivity contribution in [2.24, 2.45) is 0 Å². The van der Waals surface area contributed by atoms with Crippen molar-refractivity contribution in [1.82, 2.24) is 14.9 Å². The van der Waals surface area contributed by atoms with Gasteiger partial charge in [-0.1, -0.05) is 54.4 Å². The Hall–Kier alpha value is -3.93. The van der Waals surface area contributed by atoms with E-state index in [0.29, 0.717) is 12.1 Å². The van der Waals surface area contributed by atoms with E-state index in [9.17, 15) is 9.59 Å². The van der Waals surface area contributed by atoms with E-state index in [4.69, 9.17) is 4.98 Å². The van der Waals surface area contributed by atoms with Crippen molar-refractivity contribution in [1.29, 1.82) is 0 Å². The SMILES string of the molecule is Cc1ccc(C(=O)NCCCCCc2nc3ccccc3n2CC(=O)N2CCCc3ccccc32)cc1. The molecule has 3 aromatic carbocycles. The number of nitrogens with one attached hydrogen (secondary N) is 1. The molecular weight excluding hydrogens is 460 g/mol. The van der Waals surface area contributed by atoms with Gasteiger partial charge >= 0.3 is 0 Å². The first-order chi connectivity index (χ1) is 18.1. The van der Waals surface area contributed by atoms with Gasteiger partial charge in [0.15, 0.2) is 0 Å². The van der Waals surface area contributed by atoms with Crippen LogP contribution >= 0.6 is 0 Å². The third-order valence-electron chi connectivity index (χ3n) is 7.11. The first-order valence-electron chi connectivity index (χ1n) is 13.3. The fourth-order valence-corrected chi connectivity index (χ4v) is 5.10. The van der Waals surface area contributed by atoms with E-state index < -0.39 is 0 Å². The molecule has 0 radical (unpaired) electrons. The summed E-state index contributed by atoms with van der Waals surface area (Å²) < 4.78 is 2.09. The zero-order chi connectivity index (χ0) is 25.6. The lowest BCUT2D eigenvalue weighted by atomic mass is 10.0. The molecule has 0 fully saturated rings. The number of benzene rings is 3. The lowest BCUT2D eigenvalue weighted by Crippen LogP contribution is -2.38. The number of unbranched alkanes of at least 4 members (excludes halogenated alkanes) is 2. The van der Waals surface area contributed by atoms with E-state index in [1.165, 1.54) is 5.56 Å². The van der Waals surface area contributed by atoms with Crippen molar-refractivity contribution in [2.75, 3.05) is 18.0 Å². The van der Waals surface area contributed by atoms with Crippen LogP contribution in [0.2, 0.25) is 0 Å². The number of carbonyl (C=O) groups is 2. The molecule has 2 amide bonds. The average Bonchev–Trinajstić information content (AvgIpc) is 3.27. The van der Waals surface area contributed by atoms with Crippen molar-refractivity contribution in [3.63, 3.8) is 0 Å². The molecule has 6 heteroatoms. The minimum absolute atomic E-state index is 0.0282. The van der Waals surface area contributed by atoms with Gasteiger partial charge in [-0.2, -0.15) is 0 Å². The minimum atomic E-state index is -0.0282. The van der Waals surface area contributed by atoms with E-state index in [1.54, 1.807) is 0 Å². The van der Waals surface area contributed by atoms with Gasteiger partial charge in [-0.05, 0) is 68.5 Å². The number of hydrogen-bond acceptors (Lipinski definition) is 3. The molecule has 0 spiro atoms. The Kier molecular flexibility index (Phi) is 7.64. The zero-order valence-electron chi connectivity index (χ0n) is 21.5. The van der Waals surface area contributed by atoms with Crippen LogP contribution in [0.1, 0.15) is 53.0 Å². The molecule has 1 aromatic heterocycles. The Morgan fingerprint density at radius 3 is 2.57 bits per heavy atom. The molecule has 1 N–H and O–H groups in total. The van der Waals surface area contributed by atoms with Crippen LogP contribution in [0.5, 0.6) is 0 Å². The van der Waals surface area contributed by atoms with Crippen LogP contribution in [-0.4, -0.2) is 34.5 Å². The number of hydrogen-bond donors (Lipinski definition) is 1. The Morgan fingerprint density at radius 1 is 0.919 bits per heavy atom. The van der Waals surface area contributed by atoms with Crippen LogP contribution < -0.4 is 10.2 Å². The second-order valence-corrected chi connectivity index (χ2v) is 9.81. The first kappa shape index (κ1) is 24.8. The molecule has 0 saturated heterocycles. The van der Waals surface area contributed by atoms with Gasteiger partial charge in [-0.25, -0.2) is 4.98 Å². The number of imidazole rings is 1. The van der Waals surface area contributed by atoms with Crippen LogP contribution in [0.25, 0.3) is 11.0 Å². The number of amides is 2. The van der Waals surface area contributed by atoms with Gasteiger partial charge in [0.2, 0.25) is 5.91 Å². The monoisotopic (exact) mass is 494 g/mol. The predicted octanol–water partition coefficient (Wildman–Crippen LogP) is 5.47. The number of anilines is 1. The summed E-state index contributed by atoms with van der Waals surface area (Å²) in [6.45, 7) is 3.71. The molecule has 0 atom stereocenters. The summed E-state index contributed by atoms with van der Waals surface area (Å²) in [4.78, 5) is 32.6. The van der Waals surface area contributed by atoms with Gasteiger partial charge in [0.1, 0.15) is 12.4 Å². The van der Waals surface area contributed by atoms with Crippen molar-refractivity contribution in [3.05, 3.63) is 95.3 Å². The predicted molar refractivity (Wildman–Crippen MR) is 148 cm³/mol. The van der Waals surface area contributed by atoms with Crippen LogP contribution in [0.3, 0.4) is 0 Å². The minimum Gasteiger partial charge on any atom is -0.352 e. The molecular formula is C31H34N4O2. The second kappa shape index (κ2) is 11.4. The number of aryl methyl sites for hydroxylation is 3. The smallest absolute Gasteiger partial charge is 0.251 e. The van der Waals surface area contributed by atoms with Gasteiger partial charge in [0.25, 0.3) is 5.91 Å². The summed E-state index contributed by atoms with van der Waals surface area (Å²) in [5, 5.41) is 3.01. The normalized spacial score (nSPS) is 12.9. The topological polar surface area (TPSA) is 67.2 Å². The molecule has 2 heterocycles. The second-order valence-electron chi connectivity index (χ2n) is 9.81. The molecule has 190 valence electrons. The lowest BCUT2D eigenvalue weighted by Gasteiger charge is -2.29. The van der Waals surface area contributed by atoms with Crippen LogP contribution in [0.15, 0.2) is 72.8 Å². The van der Waals surface area contributed by atoms with Crippen molar-refractivity contribution < 1.29 is 9.59 Å². The first-order valence-corrected chi connectivity index (χ1v) is 13.3. The van der Waals surface area contributed by atoms with Gasteiger partial charge in [0.05, 0.1) is 11.0 Å². The quantitative estimate of drug-likeness (QED) is 0.314. The van der Waals surface area contributed by atoms with Crippen LogP contribution in [0, 0.1) is 6.92 Å². The molecule has 6 nitrogen and oxygen atoms in total. The van der Waals surface area contributed by atoms with E-state index in [2.05, 4.69) is 22.0 Å². The van der Waals surface area contributed by atoms with Gasteiger partial charge in [-0.15, -0.1) is 0 Å². The summed E-state index contributed by atoms with van der Waals surface area (Å²) in [6.07, 6.45) is 5.63. The number of aromatic nitrogens is 2. The molecule has 0 bridgehead atoms. The van der Waals surface area contributed by atoms with E-state index >= 15 is 0 Å². The largest absolute Gasteiger partial charge is 0.352 e. The maximum absolute atomic E-state index is 13.5. The van der Waals surface area contributed by atoms with E-state index in [-0.39, 0.29) is 18.4 Å². The summed E-state index contributed by atoms with van der Waals surface area (Å²) in [6, 6.07) is 23.9. The Labute approximate surface area is 218 Å². The van der Waals surface area contributed by atoms with Gasteiger partial charge in [-0.3, -0.25) is 9.59 Å². The molecule has 0 unspecified atom stereocenters. The standard InChI is InChI=1S/C31H34N4O2/c1-23-16-18-25(19-17-23)31(37)32-20-8-2-3-15-29-33-26-12-5-7-14-28(26)35(29)22-30(36)34-21-9-11-24-10-4-6-13-27(24)34/h4-7,10,12-14,16-19H,2-3,8-9,11,15,20-22H2,1H3,(H,32,37). The van der Waals surface area contributed by atoms with Crippen molar-refractivity contribution in [3.8, 4) is 0 Å². The summed E-state index contributed by atoms with van der Waals surface area (Å²) in [5.41, 5.74) is 6.05. The maximum Gasteiger partial charge on any atom is 0.251 e. The number of fused-ring (bicyclic) bond motifs is 2. The lowest BCUT2D eigenvalue weighted by molar-refractivity contribution is -0.119. The van der Waals surface area contributed by atoms with Gasteiger partial charge in [0, 0.05) is 30.8 Å². The molecule has 5 rings (SSSR count). The highest BCUT2D eigenvalue weighted by atomic mass is 16.2. The molecule has 0 saturated carbocycles. The van der Waals surface area contributed by atoms with Crippen molar-refractivity contribution >= 4 is 28.5 Å². The molecule has 4 aromatic rings. The van der Waals surface area contributed by atoms with E-state index in [1.807, 2.05) is 72.5 Å². The molecule has 37 heavy (non-hydrogen) atoms. The third-order valence-corrected chi connectivity index (χ3v) is 7.11. The highest BCUT2D eigenvalue weighted by Gasteiger charge is 2.23. The van der Waals surface area contributed by atoms with Crippen molar-refractivity contribution in [2.45, 2.75) is 52.0 Å². The highest BCUT2D eigenvalue weighted by molar-refractivity contribution is 5.95. The summed E-state index contributed by atoms with van der Waals surface area (Å²) >= 11 is 0. The fraction of sp³-hybridized carbons (Fsp3) is 0.323. The van der Waals surface area contributed by atoms with Crippen LogP contribution in [-0.2, 0) is 24.2 Å². The number of para-hydroxylation sites is 3. The Balaban J connectivity index is 1.19. The summed E-state index contributed by atoms with van der Waals surface area (Å²) in [7, 11) is 0. The molecule has 1 aliphatic rings. The highest BCUT2D eigenvalue weighted by Crippen LogP contribution is 2.27. The fourth-order valence-electron chi connectivity index (χ4n) is 5.10. The number of carbonyl (C=O) groups excluding carboxylic acids is 2. The van der Waals surface area contributed by atoms with E-state index in [0.717, 1.165) is 73.2 Å². The van der Waals surface area contributed by atoms with Crippen LogP contribution in [0.4, 0.5) is 5.69 Å². The molecule has 0 aliphatic carbocycles. The number of nitrogens with zero attached hydrogens (tertiary/aromatic N) is 3. The summed E-state index contributed by atoms with van der Waals surface area (Å²) in [5.74, 6) is 1.03. The number of rotatable bonds is 9. The Morgan fingerprint density at radius 2 is 1.70 bits per heavy atom. The average molecular weight is 495 g/mol. The van der Waals surface area contributed by atoms with Gasteiger partial charge < -0.3 is 14.8 Å².